The third-order valence-corrected chi connectivity index (χ3v) is 9.31. The first kappa shape index (κ1) is 23.4. The minimum Gasteiger partial charge on any atom is -0.495 e. The van der Waals surface area contributed by atoms with Crippen LogP contribution >= 0.6 is 34.2 Å². The number of esters is 1. The highest BCUT2D eigenvalue weighted by molar-refractivity contribution is 14.1. The van der Waals surface area contributed by atoms with Gasteiger partial charge in [0, 0.05) is 5.56 Å². The number of ether oxygens (including phenoxy) is 2. The molecular formula is C20H28ClINO5S+. The summed E-state index contributed by atoms with van der Waals surface area (Å²) >= 11 is 8.15. The molecule has 0 spiro atoms. The zero-order valence-electron chi connectivity index (χ0n) is 17.5. The summed E-state index contributed by atoms with van der Waals surface area (Å²) in [7, 11) is 1.61. The summed E-state index contributed by atoms with van der Waals surface area (Å²) in [6, 6.07) is 3.28. The van der Waals surface area contributed by atoms with Crippen molar-refractivity contribution >= 4 is 51.3 Å². The lowest BCUT2D eigenvalue weighted by Gasteiger charge is -2.22. The van der Waals surface area contributed by atoms with Crippen LogP contribution in [0.1, 0.15) is 33.3 Å². The summed E-state index contributed by atoms with van der Waals surface area (Å²) in [5.74, 6) is 0.371. The number of benzene rings is 1. The predicted molar refractivity (Wildman–Crippen MR) is 123 cm³/mol. The van der Waals surface area contributed by atoms with E-state index in [1.54, 1.807) is 12.2 Å². The van der Waals surface area contributed by atoms with Crippen LogP contribution in [0, 0.1) is 9.49 Å². The zero-order valence-corrected chi connectivity index (χ0v) is 21.3. The van der Waals surface area contributed by atoms with Gasteiger partial charge in [-0.15, -0.1) is 0 Å². The third-order valence-electron chi connectivity index (χ3n) is 5.39. The number of hydrogen-bond acceptors (Lipinski definition) is 6. The van der Waals surface area contributed by atoms with Crippen LogP contribution in [-0.2, 0) is 36.3 Å². The third kappa shape index (κ3) is 4.82. The zero-order chi connectivity index (χ0) is 21.5. The van der Waals surface area contributed by atoms with Crippen molar-refractivity contribution < 1.29 is 23.3 Å². The van der Waals surface area contributed by atoms with E-state index in [4.69, 9.17) is 30.1 Å². The van der Waals surface area contributed by atoms with Crippen molar-refractivity contribution in [3.8, 4) is 5.75 Å². The number of hydrogen-bond donors (Lipinski definition) is 0. The maximum absolute atomic E-state index is 12.5. The Labute approximate surface area is 194 Å². The van der Waals surface area contributed by atoms with E-state index in [0.717, 1.165) is 9.13 Å². The quantitative estimate of drug-likeness (QED) is 0.300. The van der Waals surface area contributed by atoms with E-state index < -0.39 is 6.04 Å². The summed E-state index contributed by atoms with van der Waals surface area (Å²) in [6.07, 6.45) is 1.63. The number of cyclic esters (lactones) is 1. The molecule has 0 bridgehead atoms. The summed E-state index contributed by atoms with van der Waals surface area (Å²) < 4.78 is 18.1. The minimum absolute atomic E-state index is 0.0542. The van der Waals surface area contributed by atoms with E-state index in [2.05, 4.69) is 49.6 Å². The average molecular weight is 557 g/mol. The van der Waals surface area contributed by atoms with Gasteiger partial charge in [0.15, 0.2) is 4.75 Å². The van der Waals surface area contributed by atoms with Crippen molar-refractivity contribution in [3.05, 3.63) is 26.3 Å². The molecule has 5 atom stereocenters. The lowest BCUT2D eigenvalue weighted by atomic mass is 9.93. The largest absolute Gasteiger partial charge is 0.495 e. The van der Waals surface area contributed by atoms with Gasteiger partial charge in [-0.3, -0.25) is 9.63 Å². The number of methoxy groups -OCH3 is 1. The SMILES string of the molecule is COc1c(CN2O[C@@H](CO[S+](C)C(C)(C)C)[C@H]3[C@H](C)OC(=O)[C@H]32)ccc(Cl)c1I. The van der Waals surface area contributed by atoms with E-state index >= 15 is 0 Å². The number of rotatable bonds is 6. The second-order valence-electron chi connectivity index (χ2n) is 8.29. The lowest BCUT2D eigenvalue weighted by molar-refractivity contribution is -0.194. The molecule has 0 aromatic heterocycles. The molecule has 2 aliphatic heterocycles. The standard InChI is InChI=1S/C20H28ClINO5S/c1-11-15-14(10-26-29(6)20(2,3)4)28-23(17(15)19(24)27-11)9-12-7-8-13(21)16(22)18(12)25-5/h7-8,11,14-15,17H,9-10H2,1-6H3/q+1/t11-,14-,15+,17-,29?/m0/s1. The van der Waals surface area contributed by atoms with Gasteiger partial charge in [0.25, 0.3) is 0 Å². The molecule has 6 nitrogen and oxygen atoms in total. The minimum atomic E-state index is -0.454. The molecule has 0 radical (unpaired) electrons. The fraction of sp³-hybridized carbons (Fsp3) is 0.650. The monoisotopic (exact) mass is 556 g/mol. The van der Waals surface area contributed by atoms with Crippen molar-refractivity contribution in [3.63, 3.8) is 0 Å². The van der Waals surface area contributed by atoms with Gasteiger partial charge in [-0.1, -0.05) is 17.7 Å². The molecule has 3 rings (SSSR count). The molecule has 1 unspecified atom stereocenters. The molecule has 1 aromatic carbocycles. The first-order valence-electron chi connectivity index (χ1n) is 9.48. The highest BCUT2D eigenvalue weighted by Gasteiger charge is 2.57. The van der Waals surface area contributed by atoms with Gasteiger partial charge in [-0.25, -0.2) is 0 Å². The Morgan fingerprint density at radius 1 is 1.34 bits per heavy atom. The summed E-state index contributed by atoms with van der Waals surface area (Å²) in [5, 5.41) is 2.35. The number of fused-ring (bicyclic) bond motifs is 1. The Morgan fingerprint density at radius 2 is 2.03 bits per heavy atom. The molecule has 2 saturated heterocycles. The maximum atomic E-state index is 12.5. The fourth-order valence-electron chi connectivity index (χ4n) is 3.58. The maximum Gasteiger partial charge on any atom is 0.326 e. The molecule has 9 heteroatoms. The van der Waals surface area contributed by atoms with Crippen LogP contribution in [0.2, 0.25) is 5.02 Å². The second kappa shape index (κ2) is 9.08. The van der Waals surface area contributed by atoms with Gasteiger partial charge < -0.3 is 9.47 Å². The van der Waals surface area contributed by atoms with E-state index in [1.807, 2.05) is 19.1 Å². The van der Waals surface area contributed by atoms with Crippen LogP contribution in [0.5, 0.6) is 5.75 Å². The van der Waals surface area contributed by atoms with Crippen molar-refractivity contribution in [2.45, 2.75) is 57.2 Å². The highest BCUT2D eigenvalue weighted by atomic mass is 127. The Kier molecular flexibility index (Phi) is 7.33. The Bertz CT molecular complexity index is 774. The lowest BCUT2D eigenvalue weighted by Crippen LogP contribution is -2.36. The van der Waals surface area contributed by atoms with Crippen LogP contribution in [0.15, 0.2) is 12.1 Å². The summed E-state index contributed by atoms with van der Waals surface area (Å²) in [5.41, 5.74) is 0.902. The summed E-state index contributed by atoms with van der Waals surface area (Å²) in [6.45, 7) is 9.20. The van der Waals surface area contributed by atoms with E-state index in [0.29, 0.717) is 23.9 Å². The number of hydroxylamine groups is 2. The van der Waals surface area contributed by atoms with Crippen molar-refractivity contribution in [2.24, 2.45) is 5.92 Å². The van der Waals surface area contributed by atoms with Gasteiger partial charge in [0.2, 0.25) is 0 Å². The van der Waals surface area contributed by atoms with Gasteiger partial charge >= 0.3 is 5.97 Å². The van der Waals surface area contributed by atoms with Crippen LogP contribution in [0.25, 0.3) is 0 Å². The molecule has 162 valence electrons. The van der Waals surface area contributed by atoms with Crippen LogP contribution in [0.4, 0.5) is 0 Å². The Hall–Kier alpha value is -0.260. The van der Waals surface area contributed by atoms with Gasteiger partial charge in [-0.2, -0.15) is 9.25 Å². The number of carbonyl (C=O) groups excluding carboxylic acids is 1. The van der Waals surface area contributed by atoms with Gasteiger partial charge in [0.1, 0.15) is 48.0 Å². The molecule has 0 saturated carbocycles. The van der Waals surface area contributed by atoms with E-state index in [1.165, 1.54) is 0 Å². The second-order valence-corrected chi connectivity index (χ2v) is 12.1. The van der Waals surface area contributed by atoms with Crippen LogP contribution < -0.4 is 4.74 Å². The molecule has 2 fully saturated rings. The molecule has 0 N–H and O–H groups in total. The average Bonchev–Trinajstić information content (AvgIpc) is 3.14. The van der Waals surface area contributed by atoms with Crippen molar-refractivity contribution in [1.82, 2.24) is 5.06 Å². The summed E-state index contributed by atoms with van der Waals surface area (Å²) in [4.78, 5) is 18.8. The van der Waals surface area contributed by atoms with Crippen LogP contribution in [-0.4, -0.2) is 54.0 Å². The Balaban J connectivity index is 1.80. The molecule has 0 amide bonds. The molecular weight excluding hydrogens is 529 g/mol. The smallest absolute Gasteiger partial charge is 0.326 e. The molecule has 2 heterocycles. The highest BCUT2D eigenvalue weighted by Crippen LogP contribution is 2.41. The Morgan fingerprint density at radius 3 is 2.66 bits per heavy atom. The number of nitrogens with zero attached hydrogens (tertiary/aromatic N) is 1. The molecule has 2 aliphatic rings. The van der Waals surface area contributed by atoms with Crippen molar-refractivity contribution in [2.75, 3.05) is 20.0 Å². The molecule has 1 aromatic rings. The van der Waals surface area contributed by atoms with Gasteiger partial charge in [-0.05, 0) is 56.4 Å². The first-order chi connectivity index (χ1) is 13.5. The number of halogens is 2. The van der Waals surface area contributed by atoms with Crippen molar-refractivity contribution in [1.29, 1.82) is 0 Å². The molecule has 29 heavy (non-hydrogen) atoms. The number of carbonyl (C=O) groups is 1. The predicted octanol–water partition coefficient (Wildman–Crippen LogP) is 3.98. The normalized spacial score (nSPS) is 28.3. The first-order valence-corrected chi connectivity index (χ1v) is 12.5. The molecule has 0 aliphatic carbocycles. The van der Waals surface area contributed by atoms with Gasteiger partial charge in [0.05, 0.1) is 28.2 Å². The van der Waals surface area contributed by atoms with E-state index in [9.17, 15) is 4.79 Å². The van der Waals surface area contributed by atoms with Crippen LogP contribution in [0.3, 0.4) is 0 Å². The van der Waals surface area contributed by atoms with E-state index in [-0.39, 0.29) is 40.0 Å². The fourth-order valence-corrected chi connectivity index (χ4v) is 5.17. The topological polar surface area (TPSA) is 57.2 Å².